The van der Waals surface area contributed by atoms with Gasteiger partial charge >= 0.3 is 0 Å². The van der Waals surface area contributed by atoms with Crippen molar-refractivity contribution < 1.29 is 9.64 Å². The molecule has 0 saturated carbocycles. The minimum absolute atomic E-state index is 0.770. The van der Waals surface area contributed by atoms with E-state index in [4.69, 9.17) is 16.3 Å². The number of quaternary nitrogens is 1. The molecular weight excluding hydrogens is 282 g/mol. The highest BCUT2D eigenvalue weighted by Crippen LogP contribution is 2.31. The van der Waals surface area contributed by atoms with E-state index in [1.165, 1.54) is 26.1 Å². The van der Waals surface area contributed by atoms with E-state index in [1.807, 2.05) is 30.3 Å². The molecule has 0 aliphatic rings. The van der Waals surface area contributed by atoms with Crippen molar-refractivity contribution in [3.8, 4) is 5.75 Å². The summed E-state index contributed by atoms with van der Waals surface area (Å²) in [7, 11) is 0. The number of unbranched alkanes of at least 4 members (excludes halogenated alkanes) is 1. The lowest BCUT2D eigenvalue weighted by molar-refractivity contribution is -0.896. The third-order valence-corrected chi connectivity index (χ3v) is 4.34. The number of benzene rings is 2. The van der Waals surface area contributed by atoms with Crippen molar-refractivity contribution in [2.75, 3.05) is 26.2 Å². The summed E-state index contributed by atoms with van der Waals surface area (Å²) in [5.74, 6) is 0.935. The molecule has 0 aromatic heterocycles. The van der Waals surface area contributed by atoms with E-state index < -0.39 is 0 Å². The molecule has 0 heterocycles. The van der Waals surface area contributed by atoms with Crippen LogP contribution in [0.25, 0.3) is 10.8 Å². The van der Waals surface area contributed by atoms with Crippen LogP contribution in [0.15, 0.2) is 36.4 Å². The predicted molar refractivity (Wildman–Crippen MR) is 90.6 cm³/mol. The van der Waals surface area contributed by atoms with Gasteiger partial charge in [0.15, 0.2) is 0 Å². The molecule has 1 N–H and O–H groups in total. The topological polar surface area (TPSA) is 13.7 Å². The second-order valence-corrected chi connectivity index (χ2v) is 5.76. The molecule has 0 amide bonds. The Kier molecular flexibility index (Phi) is 6.34. The summed E-state index contributed by atoms with van der Waals surface area (Å²) in [6.45, 7) is 8.91. The summed E-state index contributed by atoms with van der Waals surface area (Å²) in [4.78, 5) is 1.66. The Balaban J connectivity index is 1.88. The minimum atomic E-state index is 0.770. The summed E-state index contributed by atoms with van der Waals surface area (Å²) in [6.07, 6.45) is 2.31. The Bertz CT molecular complexity index is 566. The van der Waals surface area contributed by atoms with Gasteiger partial charge in [-0.1, -0.05) is 35.9 Å². The smallest absolute Gasteiger partial charge is 0.127 e. The van der Waals surface area contributed by atoms with Gasteiger partial charge < -0.3 is 9.64 Å². The highest BCUT2D eigenvalue weighted by atomic mass is 35.5. The summed E-state index contributed by atoms with van der Waals surface area (Å²) in [6, 6.07) is 12.0. The summed E-state index contributed by atoms with van der Waals surface area (Å²) in [5, 5.41) is 2.94. The molecule has 2 rings (SSSR count). The zero-order valence-electron chi connectivity index (χ0n) is 13.0. The molecule has 0 atom stereocenters. The van der Waals surface area contributed by atoms with Gasteiger partial charge in [0.25, 0.3) is 0 Å². The lowest BCUT2D eigenvalue weighted by Crippen LogP contribution is -3.11. The van der Waals surface area contributed by atoms with Gasteiger partial charge in [0.1, 0.15) is 5.75 Å². The summed E-state index contributed by atoms with van der Waals surface area (Å²) >= 11 is 6.22. The van der Waals surface area contributed by atoms with E-state index in [-0.39, 0.29) is 0 Å². The minimum Gasteiger partial charge on any atom is -0.493 e. The molecule has 0 saturated heterocycles. The second-order valence-electron chi connectivity index (χ2n) is 5.35. The van der Waals surface area contributed by atoms with Crippen molar-refractivity contribution in [1.29, 1.82) is 0 Å². The number of ether oxygens (including phenoxy) is 1. The van der Waals surface area contributed by atoms with Crippen molar-refractivity contribution in [2.45, 2.75) is 26.7 Å². The van der Waals surface area contributed by atoms with Gasteiger partial charge in [-0.3, -0.25) is 0 Å². The maximum atomic E-state index is 6.22. The first kappa shape index (κ1) is 16.1. The van der Waals surface area contributed by atoms with E-state index in [9.17, 15) is 0 Å². The quantitative estimate of drug-likeness (QED) is 0.736. The third-order valence-electron chi connectivity index (χ3n) is 4.01. The van der Waals surface area contributed by atoms with Crippen LogP contribution in [-0.4, -0.2) is 26.2 Å². The van der Waals surface area contributed by atoms with Crippen LogP contribution in [0.5, 0.6) is 5.75 Å². The first-order valence-electron chi connectivity index (χ1n) is 7.89. The molecule has 0 bridgehead atoms. The standard InChI is InChI=1S/C18H24ClNO/c1-3-20(4-2)13-7-8-14-21-18-12-11-17(19)15-9-5-6-10-16(15)18/h5-6,9-12H,3-4,7-8,13-14H2,1-2H3/p+1. The van der Waals surface area contributed by atoms with Crippen molar-refractivity contribution in [3.63, 3.8) is 0 Å². The molecule has 0 unspecified atom stereocenters. The van der Waals surface area contributed by atoms with Crippen molar-refractivity contribution in [2.24, 2.45) is 0 Å². The predicted octanol–water partition coefficient (Wildman–Crippen LogP) is 3.58. The van der Waals surface area contributed by atoms with Crippen molar-refractivity contribution >= 4 is 22.4 Å². The largest absolute Gasteiger partial charge is 0.493 e. The molecule has 3 heteroatoms. The van der Waals surface area contributed by atoms with Gasteiger partial charge in [0.05, 0.1) is 26.2 Å². The summed E-state index contributed by atoms with van der Waals surface area (Å²) in [5.41, 5.74) is 0. The van der Waals surface area contributed by atoms with Crippen molar-refractivity contribution in [1.82, 2.24) is 0 Å². The number of hydrogen-bond donors (Lipinski definition) is 1. The molecule has 2 nitrogen and oxygen atoms in total. The zero-order chi connectivity index (χ0) is 15.1. The van der Waals surface area contributed by atoms with E-state index >= 15 is 0 Å². The van der Waals surface area contributed by atoms with Crippen LogP contribution in [-0.2, 0) is 0 Å². The normalized spacial score (nSPS) is 11.2. The molecule has 0 aliphatic heterocycles. The van der Waals surface area contributed by atoms with Gasteiger partial charge in [0.2, 0.25) is 0 Å². The van der Waals surface area contributed by atoms with E-state index in [0.29, 0.717) is 0 Å². The Morgan fingerprint density at radius 3 is 2.38 bits per heavy atom. The third kappa shape index (κ3) is 4.36. The van der Waals surface area contributed by atoms with Crippen LogP contribution < -0.4 is 9.64 Å². The molecule has 0 radical (unpaired) electrons. The molecule has 0 aliphatic carbocycles. The number of halogens is 1. The lowest BCUT2D eigenvalue weighted by atomic mass is 10.1. The lowest BCUT2D eigenvalue weighted by Gasteiger charge is -2.15. The fourth-order valence-corrected chi connectivity index (χ4v) is 2.85. The number of rotatable bonds is 8. The average Bonchev–Trinajstić information content (AvgIpc) is 2.53. The van der Waals surface area contributed by atoms with Crippen LogP contribution in [0.3, 0.4) is 0 Å². The van der Waals surface area contributed by atoms with Gasteiger partial charge in [-0.25, -0.2) is 0 Å². The molecule has 2 aromatic rings. The SMILES string of the molecule is CC[NH+](CC)CCCCOc1ccc(Cl)c2ccccc12. The number of fused-ring (bicyclic) bond motifs is 1. The number of nitrogens with one attached hydrogen (secondary N) is 1. The Labute approximate surface area is 132 Å². The average molecular weight is 307 g/mol. The van der Waals surface area contributed by atoms with Crippen LogP contribution in [0.1, 0.15) is 26.7 Å². The van der Waals surface area contributed by atoms with E-state index in [0.717, 1.165) is 34.6 Å². The van der Waals surface area contributed by atoms with E-state index in [2.05, 4.69) is 19.9 Å². The maximum absolute atomic E-state index is 6.22. The Morgan fingerprint density at radius 2 is 1.67 bits per heavy atom. The Hall–Kier alpha value is -1.25. The second kappa shape index (κ2) is 8.26. The van der Waals surface area contributed by atoms with Crippen molar-refractivity contribution in [3.05, 3.63) is 41.4 Å². The van der Waals surface area contributed by atoms with Gasteiger partial charge in [-0.05, 0) is 38.8 Å². The fourth-order valence-electron chi connectivity index (χ4n) is 2.62. The highest BCUT2D eigenvalue weighted by molar-refractivity contribution is 6.35. The zero-order valence-corrected chi connectivity index (χ0v) is 13.7. The van der Waals surface area contributed by atoms with Gasteiger partial charge in [0, 0.05) is 15.8 Å². The van der Waals surface area contributed by atoms with Crippen LogP contribution in [0.2, 0.25) is 5.02 Å². The van der Waals surface area contributed by atoms with Crippen LogP contribution in [0, 0.1) is 0 Å². The molecule has 2 aromatic carbocycles. The molecule has 0 spiro atoms. The van der Waals surface area contributed by atoms with Gasteiger partial charge in [-0.2, -0.15) is 0 Å². The molecule has 21 heavy (non-hydrogen) atoms. The molecule has 114 valence electrons. The molecular formula is C18H25ClNO+. The van der Waals surface area contributed by atoms with E-state index in [1.54, 1.807) is 4.90 Å². The first-order valence-corrected chi connectivity index (χ1v) is 8.27. The van der Waals surface area contributed by atoms with Gasteiger partial charge in [-0.15, -0.1) is 0 Å². The highest BCUT2D eigenvalue weighted by Gasteiger charge is 2.06. The maximum Gasteiger partial charge on any atom is 0.127 e. The number of hydrogen-bond acceptors (Lipinski definition) is 1. The van der Waals surface area contributed by atoms with Crippen LogP contribution in [0.4, 0.5) is 0 Å². The summed E-state index contributed by atoms with van der Waals surface area (Å²) < 4.78 is 5.96. The monoisotopic (exact) mass is 306 g/mol. The first-order chi connectivity index (χ1) is 10.3. The molecule has 0 fully saturated rings. The Morgan fingerprint density at radius 1 is 0.952 bits per heavy atom. The van der Waals surface area contributed by atoms with Crippen LogP contribution >= 0.6 is 11.6 Å². The fraction of sp³-hybridized carbons (Fsp3) is 0.444.